The second kappa shape index (κ2) is 10.4. The Hall–Kier alpha value is -4.21. The molecule has 0 spiro atoms. The smallest absolute Gasteiger partial charge is 0.253 e. The van der Waals surface area contributed by atoms with Crippen LogP contribution in [0.3, 0.4) is 0 Å². The van der Waals surface area contributed by atoms with Gasteiger partial charge in [0.1, 0.15) is 0 Å². The quantitative estimate of drug-likeness (QED) is 0.430. The molecule has 0 saturated carbocycles. The van der Waals surface area contributed by atoms with E-state index in [0.717, 1.165) is 49.5 Å². The van der Waals surface area contributed by atoms with Crippen molar-refractivity contribution < 1.29 is 4.79 Å². The first-order valence-corrected chi connectivity index (χ1v) is 11.9. The van der Waals surface area contributed by atoms with Gasteiger partial charge in [0.05, 0.1) is 29.2 Å². The van der Waals surface area contributed by atoms with Gasteiger partial charge in [-0.05, 0) is 48.4 Å². The van der Waals surface area contributed by atoms with Crippen LogP contribution in [0.1, 0.15) is 27.9 Å². The number of carbonyl (C=O) groups is 1. The number of nitrogens with zero attached hydrogens (tertiary/aromatic N) is 5. The molecule has 1 aliphatic rings. The van der Waals surface area contributed by atoms with E-state index in [4.69, 9.17) is 5.26 Å². The Labute approximate surface area is 205 Å². The Bertz CT molecular complexity index is 1340. The zero-order chi connectivity index (χ0) is 24.0. The highest BCUT2D eigenvalue weighted by molar-refractivity contribution is 5.94. The normalized spacial score (nSPS) is 14.3. The Kier molecular flexibility index (Phi) is 6.69. The second-order valence-electron chi connectivity index (χ2n) is 8.78. The highest BCUT2D eigenvalue weighted by Gasteiger charge is 2.21. The lowest BCUT2D eigenvalue weighted by atomic mass is 10.1. The highest BCUT2D eigenvalue weighted by Crippen LogP contribution is 2.23. The van der Waals surface area contributed by atoms with E-state index in [9.17, 15) is 4.79 Å². The van der Waals surface area contributed by atoms with Crippen molar-refractivity contribution in [1.82, 2.24) is 19.6 Å². The van der Waals surface area contributed by atoms with Crippen LogP contribution in [0.25, 0.3) is 16.9 Å². The maximum Gasteiger partial charge on any atom is 0.253 e. The fourth-order valence-electron chi connectivity index (χ4n) is 4.56. The lowest BCUT2D eigenvalue weighted by molar-refractivity contribution is 0.0761. The van der Waals surface area contributed by atoms with Gasteiger partial charge < -0.3 is 4.90 Å². The van der Waals surface area contributed by atoms with Crippen molar-refractivity contribution in [3.05, 3.63) is 108 Å². The molecule has 6 heteroatoms. The second-order valence-corrected chi connectivity index (χ2v) is 8.78. The molecule has 35 heavy (non-hydrogen) atoms. The van der Waals surface area contributed by atoms with Crippen LogP contribution in [0.15, 0.2) is 91.1 Å². The minimum Gasteiger partial charge on any atom is -0.337 e. The first-order chi connectivity index (χ1) is 17.2. The largest absolute Gasteiger partial charge is 0.337 e. The van der Waals surface area contributed by atoms with Gasteiger partial charge >= 0.3 is 0 Å². The summed E-state index contributed by atoms with van der Waals surface area (Å²) in [5.74, 6) is 0.0560. The van der Waals surface area contributed by atoms with Crippen molar-refractivity contribution in [2.75, 3.05) is 26.2 Å². The predicted octanol–water partition coefficient (Wildman–Crippen LogP) is 4.76. The lowest BCUT2D eigenvalue weighted by Gasteiger charge is -2.22. The van der Waals surface area contributed by atoms with E-state index < -0.39 is 0 Å². The number of aromatic nitrogens is 2. The average Bonchev–Trinajstić information content (AvgIpc) is 3.30. The van der Waals surface area contributed by atoms with Crippen LogP contribution in [0.5, 0.6) is 0 Å². The molecular weight excluding hydrogens is 434 g/mol. The molecule has 174 valence electrons. The maximum atomic E-state index is 13.4. The molecule has 0 N–H and O–H groups in total. The summed E-state index contributed by atoms with van der Waals surface area (Å²) in [7, 11) is 0. The average molecular weight is 462 g/mol. The number of carbonyl (C=O) groups excluding carboxylic acids is 1. The zero-order valence-electron chi connectivity index (χ0n) is 19.5. The molecule has 1 fully saturated rings. The fourth-order valence-corrected chi connectivity index (χ4v) is 4.56. The number of amides is 1. The van der Waals surface area contributed by atoms with Gasteiger partial charge in [0.15, 0.2) is 0 Å². The molecular formula is C29H27N5O. The van der Waals surface area contributed by atoms with Crippen molar-refractivity contribution in [3.8, 4) is 23.0 Å². The van der Waals surface area contributed by atoms with E-state index >= 15 is 0 Å². The molecule has 5 rings (SSSR count). The van der Waals surface area contributed by atoms with Crippen molar-refractivity contribution >= 4 is 5.91 Å². The summed E-state index contributed by atoms with van der Waals surface area (Å²) in [4.78, 5) is 17.7. The predicted molar refractivity (Wildman–Crippen MR) is 136 cm³/mol. The Morgan fingerprint density at radius 3 is 2.51 bits per heavy atom. The van der Waals surface area contributed by atoms with Gasteiger partial charge in [-0.3, -0.25) is 9.69 Å². The van der Waals surface area contributed by atoms with Crippen LogP contribution >= 0.6 is 0 Å². The van der Waals surface area contributed by atoms with Gasteiger partial charge in [-0.25, -0.2) is 4.68 Å². The van der Waals surface area contributed by atoms with E-state index in [2.05, 4.69) is 28.2 Å². The monoisotopic (exact) mass is 461 g/mol. The van der Waals surface area contributed by atoms with Gasteiger partial charge in [0.2, 0.25) is 0 Å². The van der Waals surface area contributed by atoms with E-state index in [1.165, 1.54) is 5.56 Å². The van der Waals surface area contributed by atoms with Crippen LogP contribution in [-0.2, 0) is 6.54 Å². The minimum absolute atomic E-state index is 0.0560. The third kappa shape index (κ3) is 5.16. The summed E-state index contributed by atoms with van der Waals surface area (Å²) in [5, 5.41) is 13.5. The number of nitriles is 1. The molecule has 0 bridgehead atoms. The SMILES string of the molecule is N#Cc1ccc(CN2CCCN(C(=O)c3cccc(-n4nccc4-c4ccccc4)c3)CC2)cc1. The summed E-state index contributed by atoms with van der Waals surface area (Å²) < 4.78 is 1.88. The van der Waals surface area contributed by atoms with Gasteiger partial charge in [-0.2, -0.15) is 10.4 Å². The zero-order valence-corrected chi connectivity index (χ0v) is 19.5. The summed E-state index contributed by atoms with van der Waals surface area (Å²) in [6.07, 6.45) is 2.72. The van der Waals surface area contributed by atoms with E-state index in [-0.39, 0.29) is 5.91 Å². The van der Waals surface area contributed by atoms with Crippen molar-refractivity contribution in [3.63, 3.8) is 0 Å². The van der Waals surface area contributed by atoms with Crippen LogP contribution in [0.2, 0.25) is 0 Å². The summed E-state index contributed by atoms with van der Waals surface area (Å²) in [6, 6.07) is 29.8. The topological polar surface area (TPSA) is 65.2 Å². The molecule has 1 aliphatic heterocycles. The van der Waals surface area contributed by atoms with Crippen molar-refractivity contribution in [2.24, 2.45) is 0 Å². The standard InChI is InChI=1S/C29H27N5O/c30-21-23-10-12-24(13-11-23)22-32-16-5-17-33(19-18-32)29(35)26-8-4-9-27(20-26)34-28(14-15-31-34)25-6-2-1-3-7-25/h1-4,6-15,20H,5,16-19,22H2. The van der Waals surface area contributed by atoms with E-state index in [1.807, 2.05) is 82.4 Å². The Morgan fingerprint density at radius 2 is 1.71 bits per heavy atom. The summed E-state index contributed by atoms with van der Waals surface area (Å²) >= 11 is 0. The van der Waals surface area contributed by atoms with Crippen LogP contribution in [0.4, 0.5) is 0 Å². The molecule has 6 nitrogen and oxygen atoms in total. The van der Waals surface area contributed by atoms with Crippen LogP contribution in [-0.4, -0.2) is 51.7 Å². The summed E-state index contributed by atoms with van der Waals surface area (Å²) in [5.41, 5.74) is 5.48. The van der Waals surface area contributed by atoms with Gasteiger partial charge in [-0.15, -0.1) is 0 Å². The lowest BCUT2D eigenvalue weighted by Crippen LogP contribution is -2.35. The van der Waals surface area contributed by atoms with Crippen LogP contribution in [0, 0.1) is 11.3 Å². The molecule has 1 aromatic heterocycles. The molecule has 1 saturated heterocycles. The van der Waals surface area contributed by atoms with Crippen molar-refractivity contribution in [1.29, 1.82) is 5.26 Å². The van der Waals surface area contributed by atoms with Gasteiger partial charge in [-0.1, -0.05) is 48.5 Å². The van der Waals surface area contributed by atoms with Gasteiger partial charge in [0, 0.05) is 43.9 Å². The highest BCUT2D eigenvalue weighted by atomic mass is 16.2. The molecule has 0 radical (unpaired) electrons. The molecule has 1 amide bonds. The number of rotatable bonds is 5. The number of benzene rings is 3. The number of hydrogen-bond acceptors (Lipinski definition) is 4. The third-order valence-electron chi connectivity index (χ3n) is 6.41. The Morgan fingerprint density at radius 1 is 0.886 bits per heavy atom. The number of hydrogen-bond donors (Lipinski definition) is 0. The Balaban J connectivity index is 1.28. The molecule has 0 atom stereocenters. The fraction of sp³-hybridized carbons (Fsp3) is 0.207. The van der Waals surface area contributed by atoms with Gasteiger partial charge in [0.25, 0.3) is 5.91 Å². The maximum absolute atomic E-state index is 13.4. The van der Waals surface area contributed by atoms with Crippen molar-refractivity contribution in [2.45, 2.75) is 13.0 Å². The first-order valence-electron chi connectivity index (χ1n) is 11.9. The van der Waals surface area contributed by atoms with Crippen LogP contribution < -0.4 is 0 Å². The molecule has 3 aromatic carbocycles. The minimum atomic E-state index is 0.0560. The molecule has 0 unspecified atom stereocenters. The molecule has 2 heterocycles. The first kappa shape index (κ1) is 22.6. The molecule has 4 aromatic rings. The summed E-state index contributed by atoms with van der Waals surface area (Å²) in [6.45, 7) is 4.02. The third-order valence-corrected chi connectivity index (χ3v) is 6.41. The van der Waals surface area contributed by atoms with E-state index in [0.29, 0.717) is 17.7 Å². The van der Waals surface area contributed by atoms with E-state index in [1.54, 1.807) is 6.20 Å². The molecule has 0 aliphatic carbocycles.